The Morgan fingerprint density at radius 2 is 1.45 bits per heavy atom. The van der Waals surface area contributed by atoms with Crippen molar-refractivity contribution >= 4 is 0 Å². The molecule has 0 nitrogen and oxygen atoms in total. The first-order valence-electron chi connectivity index (χ1n) is 4.96. The molecule has 0 radical (unpaired) electrons. The molecule has 0 aromatic rings. The minimum atomic E-state index is 0.843. The molecule has 0 heteroatoms. The molecule has 0 aliphatic heterocycles. The fraction of sp³-hybridized carbons (Fsp3) is 0.818. The molecule has 1 aliphatic rings. The second kappa shape index (κ2) is 4.58. The van der Waals surface area contributed by atoms with E-state index in [1.54, 1.807) is 0 Å². The predicted molar refractivity (Wildman–Crippen MR) is 50.6 cm³/mol. The first-order chi connectivity index (χ1) is 5.30. The molecule has 0 N–H and O–H groups in total. The van der Waals surface area contributed by atoms with Gasteiger partial charge in [-0.15, -0.1) is 0 Å². The summed E-state index contributed by atoms with van der Waals surface area (Å²) in [7, 11) is 0. The van der Waals surface area contributed by atoms with Crippen molar-refractivity contribution < 1.29 is 0 Å². The van der Waals surface area contributed by atoms with Crippen molar-refractivity contribution in [2.24, 2.45) is 5.92 Å². The van der Waals surface area contributed by atoms with Crippen LogP contribution in [0.3, 0.4) is 0 Å². The highest BCUT2D eigenvalue weighted by Crippen LogP contribution is 2.26. The first kappa shape index (κ1) is 8.83. The molecule has 1 saturated carbocycles. The monoisotopic (exact) mass is 152 g/mol. The standard InChI is InChI=1S/C11H20/c1-10(2)11-8-6-4-3-5-7-9-11/h11H,1,3-9H2,2H3. The van der Waals surface area contributed by atoms with Crippen molar-refractivity contribution in [2.75, 3.05) is 0 Å². The Balaban J connectivity index is 2.32. The van der Waals surface area contributed by atoms with Crippen molar-refractivity contribution in [3.05, 3.63) is 12.2 Å². The predicted octanol–water partition coefficient (Wildman–Crippen LogP) is 3.92. The van der Waals surface area contributed by atoms with Crippen LogP contribution in [0.4, 0.5) is 0 Å². The van der Waals surface area contributed by atoms with Gasteiger partial charge in [0, 0.05) is 0 Å². The SMILES string of the molecule is C=C(C)C1CCCCCCC1. The van der Waals surface area contributed by atoms with E-state index in [1.807, 2.05) is 0 Å². The van der Waals surface area contributed by atoms with Gasteiger partial charge in [-0.25, -0.2) is 0 Å². The Labute approximate surface area is 70.7 Å². The maximum Gasteiger partial charge on any atom is -0.0209 e. The van der Waals surface area contributed by atoms with Crippen LogP contribution in [-0.4, -0.2) is 0 Å². The van der Waals surface area contributed by atoms with Crippen LogP contribution in [0.2, 0.25) is 0 Å². The first-order valence-corrected chi connectivity index (χ1v) is 4.96. The van der Waals surface area contributed by atoms with Crippen LogP contribution < -0.4 is 0 Å². The molecule has 0 aromatic heterocycles. The van der Waals surface area contributed by atoms with Crippen LogP contribution in [0.1, 0.15) is 51.9 Å². The lowest BCUT2D eigenvalue weighted by Gasteiger charge is -2.19. The van der Waals surface area contributed by atoms with Crippen LogP contribution >= 0.6 is 0 Å². The lowest BCUT2D eigenvalue weighted by Crippen LogP contribution is -2.03. The van der Waals surface area contributed by atoms with Gasteiger partial charge >= 0.3 is 0 Å². The van der Waals surface area contributed by atoms with E-state index in [1.165, 1.54) is 50.5 Å². The zero-order chi connectivity index (χ0) is 8.10. The van der Waals surface area contributed by atoms with Crippen LogP contribution in [0.5, 0.6) is 0 Å². The highest BCUT2D eigenvalue weighted by atomic mass is 14.2. The van der Waals surface area contributed by atoms with E-state index < -0.39 is 0 Å². The number of rotatable bonds is 1. The fourth-order valence-electron chi connectivity index (χ4n) is 1.95. The molecule has 1 rings (SSSR count). The molecule has 0 amide bonds. The van der Waals surface area contributed by atoms with Crippen molar-refractivity contribution in [3.63, 3.8) is 0 Å². The zero-order valence-corrected chi connectivity index (χ0v) is 7.73. The van der Waals surface area contributed by atoms with Crippen molar-refractivity contribution in [1.82, 2.24) is 0 Å². The van der Waals surface area contributed by atoms with E-state index >= 15 is 0 Å². The van der Waals surface area contributed by atoms with Gasteiger partial charge in [0.25, 0.3) is 0 Å². The third-order valence-corrected chi connectivity index (χ3v) is 2.80. The van der Waals surface area contributed by atoms with Crippen LogP contribution in [0, 0.1) is 5.92 Å². The third-order valence-electron chi connectivity index (χ3n) is 2.80. The van der Waals surface area contributed by atoms with Crippen molar-refractivity contribution in [2.45, 2.75) is 51.9 Å². The molecule has 0 spiro atoms. The molecular formula is C11H20. The van der Waals surface area contributed by atoms with Crippen molar-refractivity contribution in [3.8, 4) is 0 Å². The Morgan fingerprint density at radius 1 is 1.00 bits per heavy atom. The van der Waals surface area contributed by atoms with Gasteiger partial charge in [-0.2, -0.15) is 0 Å². The smallest absolute Gasteiger partial charge is 0.0209 e. The molecule has 0 bridgehead atoms. The summed E-state index contributed by atoms with van der Waals surface area (Å²) in [5, 5.41) is 0. The summed E-state index contributed by atoms with van der Waals surface area (Å²) in [6, 6.07) is 0. The molecule has 64 valence electrons. The van der Waals surface area contributed by atoms with Gasteiger partial charge in [-0.3, -0.25) is 0 Å². The number of allylic oxidation sites excluding steroid dienone is 1. The van der Waals surface area contributed by atoms with Crippen LogP contribution in [0.25, 0.3) is 0 Å². The maximum atomic E-state index is 4.05. The minimum Gasteiger partial charge on any atom is -0.0999 e. The summed E-state index contributed by atoms with van der Waals surface area (Å²) in [5.74, 6) is 0.843. The van der Waals surface area contributed by atoms with Gasteiger partial charge in [0.1, 0.15) is 0 Å². The van der Waals surface area contributed by atoms with E-state index in [9.17, 15) is 0 Å². The van der Waals surface area contributed by atoms with Gasteiger partial charge in [-0.1, -0.05) is 44.3 Å². The largest absolute Gasteiger partial charge is 0.0999 e. The topological polar surface area (TPSA) is 0 Å². The molecule has 11 heavy (non-hydrogen) atoms. The summed E-state index contributed by atoms with van der Waals surface area (Å²) in [6.07, 6.45) is 10.0. The Kier molecular flexibility index (Phi) is 3.68. The van der Waals surface area contributed by atoms with E-state index in [0.717, 1.165) is 5.92 Å². The molecular weight excluding hydrogens is 132 g/mol. The lowest BCUT2D eigenvalue weighted by atomic mass is 9.87. The molecule has 1 fully saturated rings. The fourth-order valence-corrected chi connectivity index (χ4v) is 1.95. The highest BCUT2D eigenvalue weighted by Gasteiger charge is 2.10. The number of hydrogen-bond acceptors (Lipinski definition) is 0. The van der Waals surface area contributed by atoms with Gasteiger partial charge in [0.2, 0.25) is 0 Å². The molecule has 0 saturated heterocycles. The minimum absolute atomic E-state index is 0.843. The van der Waals surface area contributed by atoms with E-state index in [4.69, 9.17) is 0 Å². The van der Waals surface area contributed by atoms with E-state index in [2.05, 4.69) is 13.5 Å². The molecule has 0 heterocycles. The van der Waals surface area contributed by atoms with Gasteiger partial charge in [0.15, 0.2) is 0 Å². The van der Waals surface area contributed by atoms with Gasteiger partial charge < -0.3 is 0 Å². The van der Waals surface area contributed by atoms with E-state index in [-0.39, 0.29) is 0 Å². The maximum absolute atomic E-state index is 4.05. The average molecular weight is 152 g/mol. The quantitative estimate of drug-likeness (QED) is 0.499. The van der Waals surface area contributed by atoms with Gasteiger partial charge in [0.05, 0.1) is 0 Å². The Hall–Kier alpha value is -0.260. The molecule has 0 atom stereocenters. The van der Waals surface area contributed by atoms with Crippen LogP contribution in [0.15, 0.2) is 12.2 Å². The van der Waals surface area contributed by atoms with Crippen molar-refractivity contribution in [1.29, 1.82) is 0 Å². The zero-order valence-electron chi connectivity index (χ0n) is 7.73. The van der Waals surface area contributed by atoms with Gasteiger partial charge in [-0.05, 0) is 25.7 Å². The summed E-state index contributed by atoms with van der Waals surface area (Å²) in [6.45, 7) is 6.24. The summed E-state index contributed by atoms with van der Waals surface area (Å²) in [4.78, 5) is 0. The third kappa shape index (κ3) is 3.09. The lowest BCUT2D eigenvalue weighted by molar-refractivity contribution is 0.421. The van der Waals surface area contributed by atoms with E-state index in [0.29, 0.717) is 0 Å². The summed E-state index contributed by atoms with van der Waals surface area (Å²) >= 11 is 0. The highest BCUT2D eigenvalue weighted by molar-refractivity contribution is 4.96. The van der Waals surface area contributed by atoms with Crippen LogP contribution in [-0.2, 0) is 0 Å². The average Bonchev–Trinajstić information content (AvgIpc) is 1.84. The molecule has 0 aromatic carbocycles. The summed E-state index contributed by atoms with van der Waals surface area (Å²) < 4.78 is 0. The molecule has 0 unspecified atom stereocenters. The normalized spacial score (nSPS) is 22.3. The molecule has 1 aliphatic carbocycles. The second-order valence-electron chi connectivity index (χ2n) is 3.89. The second-order valence-corrected chi connectivity index (χ2v) is 3.89. The summed E-state index contributed by atoms with van der Waals surface area (Å²) in [5.41, 5.74) is 1.41. The number of hydrogen-bond donors (Lipinski definition) is 0. The Bertz CT molecular complexity index is 116. The Morgan fingerprint density at radius 3 is 1.91 bits per heavy atom.